The molecule has 0 radical (unpaired) electrons. The molecule has 0 spiro atoms. The SMILES string of the molecule is CCNC(=NCC(C)(O)c1ccsc1)NCCc1nc(C(C)C)no1.I. The Bertz CT molecular complexity index is 671. The molecule has 0 aromatic carbocycles. The van der Waals surface area contributed by atoms with E-state index in [1.165, 1.54) is 0 Å². The van der Waals surface area contributed by atoms with Crippen LogP contribution in [0.4, 0.5) is 0 Å². The lowest BCUT2D eigenvalue weighted by Gasteiger charge is -2.21. The maximum atomic E-state index is 10.6. The molecule has 7 nitrogen and oxygen atoms in total. The fraction of sp³-hybridized carbons (Fsp3) is 0.588. The second-order valence-electron chi connectivity index (χ2n) is 6.36. The van der Waals surface area contributed by atoms with Crippen molar-refractivity contribution >= 4 is 41.3 Å². The van der Waals surface area contributed by atoms with Crippen molar-refractivity contribution < 1.29 is 9.63 Å². The minimum Gasteiger partial charge on any atom is -0.383 e. The van der Waals surface area contributed by atoms with Crippen LogP contribution < -0.4 is 10.6 Å². The molecule has 0 saturated carbocycles. The van der Waals surface area contributed by atoms with Gasteiger partial charge in [-0.2, -0.15) is 16.3 Å². The first kappa shape index (κ1) is 22.8. The summed E-state index contributed by atoms with van der Waals surface area (Å²) in [7, 11) is 0. The van der Waals surface area contributed by atoms with E-state index in [-0.39, 0.29) is 36.4 Å². The lowest BCUT2D eigenvalue weighted by atomic mass is 10.00. The van der Waals surface area contributed by atoms with E-state index in [0.29, 0.717) is 24.8 Å². The molecule has 0 saturated heterocycles. The maximum Gasteiger partial charge on any atom is 0.228 e. The normalized spacial score (nSPS) is 14.0. The molecule has 2 heterocycles. The summed E-state index contributed by atoms with van der Waals surface area (Å²) in [6.07, 6.45) is 0.616. The average Bonchev–Trinajstić information content (AvgIpc) is 3.24. The molecule has 2 aromatic heterocycles. The van der Waals surface area contributed by atoms with Crippen molar-refractivity contribution in [3.05, 3.63) is 34.1 Å². The van der Waals surface area contributed by atoms with Crippen LogP contribution in [0.5, 0.6) is 0 Å². The van der Waals surface area contributed by atoms with Crippen molar-refractivity contribution in [3.8, 4) is 0 Å². The molecular weight excluding hydrogens is 465 g/mol. The van der Waals surface area contributed by atoms with Gasteiger partial charge in [-0.3, -0.25) is 0 Å². The molecule has 1 atom stereocenters. The Morgan fingerprint density at radius 3 is 2.77 bits per heavy atom. The van der Waals surface area contributed by atoms with Crippen LogP contribution in [0.2, 0.25) is 0 Å². The zero-order valence-electron chi connectivity index (χ0n) is 15.7. The van der Waals surface area contributed by atoms with E-state index in [9.17, 15) is 5.11 Å². The van der Waals surface area contributed by atoms with E-state index in [0.717, 1.165) is 17.9 Å². The Kier molecular flexibility index (Phi) is 9.51. The highest BCUT2D eigenvalue weighted by Gasteiger charge is 2.23. The molecular formula is C17H28IN5O2S. The Morgan fingerprint density at radius 1 is 1.42 bits per heavy atom. The number of guanidine groups is 1. The predicted octanol–water partition coefficient (Wildman–Crippen LogP) is 2.88. The molecule has 0 amide bonds. The molecule has 3 N–H and O–H groups in total. The predicted molar refractivity (Wildman–Crippen MR) is 115 cm³/mol. The molecule has 146 valence electrons. The monoisotopic (exact) mass is 493 g/mol. The number of hydrogen-bond donors (Lipinski definition) is 3. The lowest BCUT2D eigenvalue weighted by molar-refractivity contribution is 0.0677. The minimum absolute atomic E-state index is 0. The zero-order valence-corrected chi connectivity index (χ0v) is 18.8. The van der Waals surface area contributed by atoms with Gasteiger partial charge < -0.3 is 20.3 Å². The number of nitrogens with one attached hydrogen (secondary N) is 2. The van der Waals surface area contributed by atoms with Crippen molar-refractivity contribution in [2.24, 2.45) is 4.99 Å². The van der Waals surface area contributed by atoms with Gasteiger partial charge in [0, 0.05) is 25.4 Å². The summed E-state index contributed by atoms with van der Waals surface area (Å²) in [4.78, 5) is 8.84. The lowest BCUT2D eigenvalue weighted by Crippen LogP contribution is -2.39. The number of aliphatic imine (C=N–C) groups is 1. The van der Waals surface area contributed by atoms with Gasteiger partial charge in [0.1, 0.15) is 5.60 Å². The van der Waals surface area contributed by atoms with Crippen molar-refractivity contribution in [1.29, 1.82) is 0 Å². The number of rotatable bonds is 8. The van der Waals surface area contributed by atoms with Crippen LogP contribution in [0.25, 0.3) is 0 Å². The van der Waals surface area contributed by atoms with E-state index in [1.54, 1.807) is 18.3 Å². The maximum absolute atomic E-state index is 10.6. The molecule has 0 bridgehead atoms. The van der Waals surface area contributed by atoms with Crippen molar-refractivity contribution in [2.45, 2.75) is 45.6 Å². The minimum atomic E-state index is -0.985. The summed E-state index contributed by atoms with van der Waals surface area (Å²) < 4.78 is 5.23. The standard InChI is InChI=1S/C17H27N5O2S.HI/c1-5-18-16(20-11-17(4,23)13-7-9-25-10-13)19-8-6-14-21-15(12(2)3)22-24-14;/h7,9-10,12,23H,5-6,8,11H2,1-4H3,(H2,18,19,20);1H. The van der Waals surface area contributed by atoms with E-state index >= 15 is 0 Å². The van der Waals surface area contributed by atoms with Crippen LogP contribution in [-0.4, -0.2) is 40.8 Å². The number of aliphatic hydroxyl groups is 1. The third kappa shape index (κ3) is 6.84. The Morgan fingerprint density at radius 2 is 2.19 bits per heavy atom. The molecule has 0 aliphatic rings. The van der Waals surface area contributed by atoms with E-state index < -0.39 is 5.60 Å². The summed E-state index contributed by atoms with van der Waals surface area (Å²) in [5.41, 5.74) is -0.106. The van der Waals surface area contributed by atoms with Gasteiger partial charge in [-0.1, -0.05) is 19.0 Å². The summed E-state index contributed by atoms with van der Waals surface area (Å²) >= 11 is 1.56. The summed E-state index contributed by atoms with van der Waals surface area (Å²) in [5, 5.41) is 24.8. The van der Waals surface area contributed by atoms with Gasteiger partial charge in [0.05, 0.1) is 6.54 Å². The first-order chi connectivity index (χ1) is 11.9. The van der Waals surface area contributed by atoms with E-state index in [1.807, 2.05) is 37.6 Å². The van der Waals surface area contributed by atoms with Gasteiger partial charge in [-0.25, -0.2) is 4.99 Å². The second-order valence-corrected chi connectivity index (χ2v) is 7.14. The number of nitrogens with zero attached hydrogens (tertiary/aromatic N) is 3. The number of thiophene rings is 1. The van der Waals surface area contributed by atoms with Gasteiger partial charge in [0.25, 0.3) is 0 Å². The molecule has 0 aliphatic carbocycles. The zero-order chi connectivity index (χ0) is 18.3. The molecule has 26 heavy (non-hydrogen) atoms. The van der Waals surface area contributed by atoms with Crippen LogP contribution in [0.3, 0.4) is 0 Å². The molecule has 2 rings (SSSR count). The van der Waals surface area contributed by atoms with Gasteiger partial charge in [-0.15, -0.1) is 24.0 Å². The fourth-order valence-corrected chi connectivity index (χ4v) is 2.91. The van der Waals surface area contributed by atoms with Gasteiger partial charge >= 0.3 is 0 Å². The third-order valence-electron chi connectivity index (χ3n) is 3.66. The fourth-order valence-electron chi connectivity index (χ4n) is 2.13. The first-order valence-electron chi connectivity index (χ1n) is 8.52. The first-order valence-corrected chi connectivity index (χ1v) is 9.46. The number of halogens is 1. The molecule has 2 aromatic rings. The largest absolute Gasteiger partial charge is 0.383 e. The van der Waals surface area contributed by atoms with Crippen molar-refractivity contribution in [3.63, 3.8) is 0 Å². The number of aromatic nitrogens is 2. The molecule has 9 heteroatoms. The van der Waals surface area contributed by atoms with Crippen LogP contribution in [0, 0.1) is 0 Å². The van der Waals surface area contributed by atoms with Gasteiger partial charge in [-0.05, 0) is 36.2 Å². The average molecular weight is 493 g/mol. The highest BCUT2D eigenvalue weighted by molar-refractivity contribution is 14.0. The Hall–Kier alpha value is -1.20. The third-order valence-corrected chi connectivity index (χ3v) is 4.35. The molecule has 0 fully saturated rings. The highest BCUT2D eigenvalue weighted by atomic mass is 127. The van der Waals surface area contributed by atoms with Crippen LogP contribution in [0.15, 0.2) is 26.3 Å². The van der Waals surface area contributed by atoms with Crippen LogP contribution in [-0.2, 0) is 12.0 Å². The summed E-state index contributed by atoms with van der Waals surface area (Å²) in [5.74, 6) is 2.24. The van der Waals surface area contributed by atoms with E-state index in [4.69, 9.17) is 4.52 Å². The van der Waals surface area contributed by atoms with Crippen molar-refractivity contribution in [2.75, 3.05) is 19.6 Å². The Labute approximate surface area is 175 Å². The molecule has 0 aliphatic heterocycles. The van der Waals surface area contributed by atoms with Crippen LogP contribution in [0.1, 0.15) is 50.9 Å². The number of hydrogen-bond acceptors (Lipinski definition) is 6. The smallest absolute Gasteiger partial charge is 0.228 e. The Balaban J connectivity index is 0.00000338. The topological polar surface area (TPSA) is 95.6 Å². The summed E-state index contributed by atoms with van der Waals surface area (Å²) in [6, 6.07) is 1.92. The highest BCUT2D eigenvalue weighted by Crippen LogP contribution is 2.23. The summed E-state index contributed by atoms with van der Waals surface area (Å²) in [6.45, 7) is 9.47. The second kappa shape index (κ2) is 10.8. The van der Waals surface area contributed by atoms with Crippen molar-refractivity contribution in [1.82, 2.24) is 20.8 Å². The van der Waals surface area contributed by atoms with Crippen LogP contribution >= 0.6 is 35.3 Å². The van der Waals surface area contributed by atoms with Gasteiger partial charge in [0.15, 0.2) is 11.8 Å². The van der Waals surface area contributed by atoms with E-state index in [2.05, 4.69) is 25.8 Å². The van der Waals surface area contributed by atoms with Gasteiger partial charge in [0.2, 0.25) is 5.89 Å². The quantitative estimate of drug-likeness (QED) is 0.298. The molecule has 1 unspecified atom stereocenters.